The van der Waals surface area contributed by atoms with E-state index < -0.39 is 221 Å². The molecule has 0 aromatic heterocycles. The number of ether oxygens (including phenoxy) is 12. The number of fused-ring (bicyclic) bond motifs is 7. The molecule has 11 rings (SSSR count). The molecular weight excluding hydrogens is 1250 g/mol. The Balaban J connectivity index is 0.756. The number of hydrogen-bond acceptors (Lipinski definition) is 30. The van der Waals surface area contributed by atoms with Gasteiger partial charge in [-0.05, 0) is 116 Å². The Morgan fingerprint density at radius 3 is 1.73 bits per heavy atom. The summed E-state index contributed by atoms with van der Waals surface area (Å²) < 4.78 is 71.3. The van der Waals surface area contributed by atoms with E-state index >= 15 is 4.79 Å². The summed E-state index contributed by atoms with van der Waals surface area (Å²) in [6, 6.07) is 0. The second-order valence-electron chi connectivity index (χ2n) is 31.0. The predicted molar refractivity (Wildman–Crippen MR) is 315 cm³/mol. The Labute approximate surface area is 545 Å². The van der Waals surface area contributed by atoms with Crippen LogP contribution in [0.1, 0.15) is 120 Å². The molecule has 10 fully saturated rings. The summed E-state index contributed by atoms with van der Waals surface area (Å²) >= 11 is 0. The SMILES string of the molecule is C[C@@H]1O[C@@H](O[C@H]2[C@H](O[C@H]3CC[C@@]4(C)C(CC[C@]5(C)C4CC=C4[C@@H]6CC(C)(C)CC[C@]6(C(=O)O[C@@H]6O[C@H](CO[C@@H]7O[C@H](CO)[C@@H](O)[C@H](O)[C@H]7O)[C@@H](O)[C@H](O)[C@H]6O)CC[C@]45C)C3(C)C)OC[C@H](O)[C@@H]2O)[C@H](O)[C@H](O[C@@H]2OC[C@@H](O[C@@H]3O[C@H](CO)[C@@H](O)[C@H](O)[C@H]3O)[C@H](O)[C@H]2O)[C@H]1O. The molecule has 11 aliphatic rings. The van der Waals surface area contributed by atoms with E-state index in [-0.39, 0.29) is 46.0 Å². The highest BCUT2D eigenvalue weighted by Gasteiger charge is 2.70. The lowest BCUT2D eigenvalue weighted by molar-refractivity contribution is -0.382. The molecule has 0 aromatic carbocycles. The second-order valence-corrected chi connectivity index (χ2v) is 31.0. The molecule has 6 saturated heterocycles. The van der Waals surface area contributed by atoms with Crippen molar-refractivity contribution in [1.29, 1.82) is 0 Å². The van der Waals surface area contributed by atoms with Gasteiger partial charge in [0.1, 0.15) is 128 Å². The van der Waals surface area contributed by atoms with Crippen molar-refractivity contribution in [1.82, 2.24) is 0 Å². The molecule has 94 heavy (non-hydrogen) atoms. The van der Waals surface area contributed by atoms with Crippen LogP contribution in [0.25, 0.3) is 0 Å². The first-order valence-corrected chi connectivity index (χ1v) is 33.5. The van der Waals surface area contributed by atoms with Gasteiger partial charge in [-0.3, -0.25) is 4.79 Å². The van der Waals surface area contributed by atoms with Crippen molar-refractivity contribution in [2.75, 3.05) is 33.0 Å². The van der Waals surface area contributed by atoms with E-state index in [1.165, 1.54) is 12.5 Å². The fraction of sp³-hybridized carbons (Fsp3) is 0.953. The van der Waals surface area contributed by atoms with E-state index in [4.69, 9.17) is 56.8 Å². The Morgan fingerprint density at radius 1 is 0.511 bits per heavy atom. The summed E-state index contributed by atoms with van der Waals surface area (Å²) in [7, 11) is 0. The number of carbonyl (C=O) groups excluding carboxylic acids is 1. The zero-order valence-corrected chi connectivity index (χ0v) is 54.6. The molecule has 0 amide bonds. The first-order chi connectivity index (χ1) is 44.1. The van der Waals surface area contributed by atoms with Crippen LogP contribution in [0, 0.1) is 50.2 Å². The maximum Gasteiger partial charge on any atom is 0.315 e. The zero-order valence-electron chi connectivity index (χ0n) is 54.6. The van der Waals surface area contributed by atoms with Crippen LogP contribution in [0.3, 0.4) is 0 Å². The molecule has 540 valence electrons. The lowest BCUT2D eigenvalue weighted by Gasteiger charge is -2.71. The van der Waals surface area contributed by atoms with Gasteiger partial charge in [-0.1, -0.05) is 60.1 Å². The third-order valence-electron chi connectivity index (χ3n) is 24.8. The monoisotopic (exact) mass is 1350 g/mol. The van der Waals surface area contributed by atoms with Crippen molar-refractivity contribution in [2.24, 2.45) is 50.2 Å². The van der Waals surface area contributed by atoms with Gasteiger partial charge in [0, 0.05) is 0 Å². The lowest BCUT2D eigenvalue weighted by atomic mass is 9.33. The van der Waals surface area contributed by atoms with Crippen molar-refractivity contribution in [3.8, 4) is 0 Å². The maximum absolute atomic E-state index is 15.2. The maximum atomic E-state index is 15.2. The molecule has 6 heterocycles. The van der Waals surface area contributed by atoms with Gasteiger partial charge in [-0.2, -0.15) is 0 Å². The molecule has 30 heteroatoms. The average molecular weight is 1350 g/mol. The molecule has 0 radical (unpaired) electrons. The third kappa shape index (κ3) is 12.6. The molecule has 0 aromatic rings. The van der Waals surface area contributed by atoms with Crippen LogP contribution in [0.2, 0.25) is 0 Å². The predicted octanol–water partition coefficient (Wildman–Crippen LogP) is -4.08. The van der Waals surface area contributed by atoms with Crippen LogP contribution >= 0.6 is 0 Å². The van der Waals surface area contributed by atoms with E-state index in [2.05, 4.69) is 54.5 Å². The number of esters is 1. The molecule has 2 unspecified atom stereocenters. The van der Waals surface area contributed by atoms with Crippen molar-refractivity contribution < 1.29 is 148 Å². The minimum atomic E-state index is -1.91. The highest BCUT2D eigenvalue weighted by molar-refractivity contribution is 5.79. The normalized spacial score (nSPS) is 54.2. The molecule has 17 N–H and O–H groups in total. The smallest absolute Gasteiger partial charge is 0.315 e. The fourth-order valence-corrected chi connectivity index (χ4v) is 18.7. The number of allylic oxidation sites excluding steroid dienone is 2. The van der Waals surface area contributed by atoms with Crippen molar-refractivity contribution in [3.05, 3.63) is 11.6 Å². The highest BCUT2D eigenvalue weighted by Crippen LogP contribution is 2.76. The van der Waals surface area contributed by atoms with Crippen LogP contribution in [-0.4, -0.2) is 304 Å². The summed E-state index contributed by atoms with van der Waals surface area (Å²) in [5.74, 6) is -0.590. The summed E-state index contributed by atoms with van der Waals surface area (Å²) in [5.41, 5.74) is -1.40. The number of aliphatic hydroxyl groups excluding tert-OH is 17. The molecule has 0 bridgehead atoms. The molecule has 4 saturated carbocycles. The van der Waals surface area contributed by atoms with Crippen LogP contribution in [0.5, 0.6) is 0 Å². The first-order valence-electron chi connectivity index (χ1n) is 33.5. The zero-order chi connectivity index (χ0) is 68.4. The van der Waals surface area contributed by atoms with Crippen LogP contribution in [0.4, 0.5) is 0 Å². The molecule has 36 atom stereocenters. The number of rotatable bonds is 15. The van der Waals surface area contributed by atoms with E-state index in [1.54, 1.807) is 0 Å². The summed E-state index contributed by atoms with van der Waals surface area (Å²) in [6.45, 7) is 14.5. The summed E-state index contributed by atoms with van der Waals surface area (Å²) in [4.78, 5) is 15.2. The van der Waals surface area contributed by atoms with Gasteiger partial charge in [0.05, 0.1) is 50.7 Å². The Kier molecular flexibility index (Phi) is 21.4. The lowest BCUT2D eigenvalue weighted by Crippen LogP contribution is -2.66. The third-order valence-corrected chi connectivity index (χ3v) is 24.8. The standard InChI is InChI=1S/C64H104O30/c1-25-36(68)50(92-53-45(77)41(73)32(24-85-53)89-54-47(79)43(75)39(71)30(21-66)88-54)49(81)56(86-25)93-51-37(69)28(67)22-83-57(51)91-35-12-13-61(6)33(60(35,4)5)11-14-63(8)34(61)10-9-26-27-19-59(2,3)15-17-64(27,18-16-62(26,63)7)58(82)94-55-48(80)44(76)40(72)31(90-55)23-84-52-46(78)42(74)38(70)29(20-65)87-52/h9,25,27-57,65-81H,10-24H2,1-8H3/t25-,27-,28-,29+,30+,31+,32+,33?,34?,35-,36-,37-,38+,39+,40+,41-,42-,43-,44-,45+,46+,47+,48+,49+,50+,51+,52+,53-,54-,55-,56-,57-,61-,62+,63+,64-/m0/s1. The van der Waals surface area contributed by atoms with Gasteiger partial charge in [-0.15, -0.1) is 0 Å². The molecular formula is C64H104O30. The van der Waals surface area contributed by atoms with E-state index in [9.17, 15) is 86.8 Å². The van der Waals surface area contributed by atoms with Gasteiger partial charge in [0.25, 0.3) is 0 Å². The number of hydrogen-bond donors (Lipinski definition) is 17. The Hall–Kier alpha value is -1.91. The van der Waals surface area contributed by atoms with Gasteiger partial charge < -0.3 is 144 Å². The van der Waals surface area contributed by atoms with Gasteiger partial charge in [0.2, 0.25) is 6.29 Å². The van der Waals surface area contributed by atoms with Crippen LogP contribution in [-0.2, 0) is 61.6 Å². The Bertz CT molecular complexity index is 2640. The fourth-order valence-electron chi connectivity index (χ4n) is 18.7. The minimum absolute atomic E-state index is 0.0940. The molecule has 6 aliphatic heterocycles. The van der Waals surface area contributed by atoms with E-state index in [1.807, 2.05) is 0 Å². The van der Waals surface area contributed by atoms with Gasteiger partial charge in [-0.25, -0.2) is 0 Å². The number of carbonyl (C=O) groups is 1. The van der Waals surface area contributed by atoms with Crippen LogP contribution < -0.4 is 0 Å². The van der Waals surface area contributed by atoms with Crippen molar-refractivity contribution >= 4 is 5.97 Å². The van der Waals surface area contributed by atoms with Crippen molar-refractivity contribution in [2.45, 2.75) is 298 Å². The quantitative estimate of drug-likeness (QED) is 0.0421. The van der Waals surface area contributed by atoms with E-state index in [0.29, 0.717) is 38.5 Å². The minimum Gasteiger partial charge on any atom is -0.432 e. The first kappa shape index (κ1) is 73.3. The van der Waals surface area contributed by atoms with Crippen LogP contribution in [0.15, 0.2) is 11.6 Å². The van der Waals surface area contributed by atoms with Gasteiger partial charge in [0.15, 0.2) is 31.5 Å². The van der Waals surface area contributed by atoms with Gasteiger partial charge >= 0.3 is 5.97 Å². The van der Waals surface area contributed by atoms with E-state index in [0.717, 1.165) is 25.7 Å². The Morgan fingerprint density at radius 2 is 1.07 bits per heavy atom. The number of aliphatic hydroxyl groups is 17. The van der Waals surface area contributed by atoms with Crippen molar-refractivity contribution in [3.63, 3.8) is 0 Å². The molecule has 0 spiro atoms. The summed E-state index contributed by atoms with van der Waals surface area (Å²) in [5, 5.41) is 183. The topological polar surface area (TPSA) is 472 Å². The summed E-state index contributed by atoms with van der Waals surface area (Å²) in [6.07, 6.45) is -37.0. The molecule has 30 nitrogen and oxygen atoms in total. The largest absolute Gasteiger partial charge is 0.432 e. The highest BCUT2D eigenvalue weighted by atomic mass is 16.8. The average Bonchev–Trinajstić information content (AvgIpc) is 0.676. The second kappa shape index (κ2) is 27.5. The molecule has 5 aliphatic carbocycles.